The topological polar surface area (TPSA) is 50.4 Å². The Bertz CT molecular complexity index is 473. The summed E-state index contributed by atoms with van der Waals surface area (Å²) in [6.07, 6.45) is 6.05. The molecule has 2 rings (SSSR count). The number of amides is 1. The summed E-state index contributed by atoms with van der Waals surface area (Å²) in [5.74, 6) is 1.69. The van der Waals surface area contributed by atoms with Crippen molar-refractivity contribution in [2.45, 2.75) is 51.5 Å². The van der Waals surface area contributed by atoms with Gasteiger partial charge in [0.15, 0.2) is 0 Å². The van der Waals surface area contributed by atoms with Gasteiger partial charge >= 0.3 is 0 Å². The molecule has 2 N–H and O–H groups in total. The fourth-order valence-electron chi connectivity index (χ4n) is 3.13. The highest BCUT2D eigenvalue weighted by atomic mass is 35.5. The van der Waals surface area contributed by atoms with Gasteiger partial charge in [-0.05, 0) is 56.0 Å². The Balaban J connectivity index is 0.00000288. The molecule has 2 atom stereocenters. The van der Waals surface area contributed by atoms with Crippen LogP contribution in [0.3, 0.4) is 0 Å². The second-order valence-electron chi connectivity index (χ2n) is 6.43. The van der Waals surface area contributed by atoms with Crippen molar-refractivity contribution >= 4 is 18.3 Å². The Morgan fingerprint density at radius 2 is 2.12 bits per heavy atom. The van der Waals surface area contributed by atoms with Crippen LogP contribution < -0.4 is 15.4 Å². The predicted octanol–water partition coefficient (Wildman–Crippen LogP) is 3.85. The summed E-state index contributed by atoms with van der Waals surface area (Å²) in [4.78, 5) is 12.3. The number of unbranched alkanes of at least 4 members (excludes halogenated alkanes) is 1. The van der Waals surface area contributed by atoms with Crippen molar-refractivity contribution in [1.82, 2.24) is 10.6 Å². The lowest BCUT2D eigenvalue weighted by molar-refractivity contribution is -0.122. The van der Waals surface area contributed by atoms with Crippen LogP contribution in [-0.2, 0) is 4.79 Å². The molecule has 0 spiro atoms. The minimum absolute atomic E-state index is 0. The van der Waals surface area contributed by atoms with E-state index in [1.165, 1.54) is 6.42 Å². The summed E-state index contributed by atoms with van der Waals surface area (Å²) in [6, 6.07) is 8.14. The Kier molecular flexibility index (Phi) is 9.80. The predicted molar refractivity (Wildman–Crippen MR) is 101 cm³/mol. The van der Waals surface area contributed by atoms with E-state index in [4.69, 9.17) is 4.74 Å². The SMILES string of the molecule is CCCCC(NC(=O)CCC1CCNC1)c1ccc(OC)cc1.Cl. The van der Waals surface area contributed by atoms with E-state index in [1.807, 2.05) is 12.1 Å². The van der Waals surface area contributed by atoms with Gasteiger partial charge in [0, 0.05) is 6.42 Å². The van der Waals surface area contributed by atoms with Gasteiger partial charge in [0.25, 0.3) is 0 Å². The van der Waals surface area contributed by atoms with Crippen molar-refractivity contribution in [1.29, 1.82) is 0 Å². The first-order valence-electron chi connectivity index (χ1n) is 8.87. The largest absolute Gasteiger partial charge is 0.497 e. The van der Waals surface area contributed by atoms with E-state index in [0.717, 1.165) is 50.1 Å². The van der Waals surface area contributed by atoms with Crippen molar-refractivity contribution in [3.05, 3.63) is 29.8 Å². The molecule has 1 aromatic carbocycles. The third kappa shape index (κ3) is 6.70. The van der Waals surface area contributed by atoms with E-state index in [1.54, 1.807) is 7.11 Å². The van der Waals surface area contributed by atoms with Crippen LogP contribution in [-0.4, -0.2) is 26.1 Å². The van der Waals surface area contributed by atoms with Crippen molar-refractivity contribution in [2.24, 2.45) is 5.92 Å². The number of hydrogen-bond acceptors (Lipinski definition) is 3. The number of benzene rings is 1. The molecule has 1 saturated heterocycles. The number of ether oxygens (including phenoxy) is 1. The monoisotopic (exact) mass is 354 g/mol. The number of halogens is 1. The summed E-state index contributed by atoms with van der Waals surface area (Å²) in [6.45, 7) is 4.34. The zero-order valence-electron chi connectivity index (χ0n) is 14.8. The lowest BCUT2D eigenvalue weighted by atomic mass is 9.99. The third-order valence-electron chi connectivity index (χ3n) is 4.64. The molecule has 1 heterocycles. The molecule has 2 unspecified atom stereocenters. The Morgan fingerprint density at radius 3 is 2.71 bits per heavy atom. The van der Waals surface area contributed by atoms with Crippen molar-refractivity contribution in [2.75, 3.05) is 20.2 Å². The van der Waals surface area contributed by atoms with Gasteiger partial charge < -0.3 is 15.4 Å². The number of rotatable bonds is 9. The highest BCUT2D eigenvalue weighted by Gasteiger charge is 2.18. The van der Waals surface area contributed by atoms with Gasteiger partial charge in [-0.3, -0.25) is 4.79 Å². The summed E-state index contributed by atoms with van der Waals surface area (Å²) >= 11 is 0. The summed E-state index contributed by atoms with van der Waals surface area (Å²) < 4.78 is 5.21. The standard InChI is InChI=1S/C19H30N2O2.ClH/c1-3-4-5-18(16-7-9-17(23-2)10-8-16)21-19(22)11-6-15-12-13-20-14-15;/h7-10,15,18,20H,3-6,11-14H2,1-2H3,(H,21,22);1H. The number of carbonyl (C=O) groups is 1. The van der Waals surface area contributed by atoms with Gasteiger partial charge in [-0.2, -0.15) is 0 Å². The molecule has 1 aromatic rings. The molecule has 1 aliphatic rings. The average molecular weight is 355 g/mol. The van der Waals surface area contributed by atoms with Crippen LogP contribution in [0, 0.1) is 5.92 Å². The molecule has 0 saturated carbocycles. The van der Waals surface area contributed by atoms with Gasteiger partial charge in [-0.15, -0.1) is 12.4 Å². The molecule has 0 radical (unpaired) electrons. The van der Waals surface area contributed by atoms with Crippen molar-refractivity contribution in [3.8, 4) is 5.75 Å². The maximum Gasteiger partial charge on any atom is 0.220 e. The number of methoxy groups -OCH3 is 1. The minimum atomic E-state index is 0. The molecule has 0 bridgehead atoms. The average Bonchev–Trinajstić information content (AvgIpc) is 3.10. The van der Waals surface area contributed by atoms with E-state index in [2.05, 4.69) is 29.7 Å². The van der Waals surface area contributed by atoms with Crippen LogP contribution in [0.15, 0.2) is 24.3 Å². The van der Waals surface area contributed by atoms with Gasteiger partial charge in [-0.1, -0.05) is 31.9 Å². The first kappa shape index (κ1) is 20.8. The van der Waals surface area contributed by atoms with Crippen LogP contribution in [0.2, 0.25) is 0 Å². The van der Waals surface area contributed by atoms with Crippen LogP contribution >= 0.6 is 12.4 Å². The van der Waals surface area contributed by atoms with Crippen molar-refractivity contribution in [3.63, 3.8) is 0 Å². The lowest BCUT2D eigenvalue weighted by Gasteiger charge is -2.20. The quantitative estimate of drug-likeness (QED) is 0.708. The van der Waals surface area contributed by atoms with E-state index < -0.39 is 0 Å². The first-order chi connectivity index (χ1) is 11.2. The normalized spacial score (nSPS) is 17.8. The second-order valence-corrected chi connectivity index (χ2v) is 6.43. The highest BCUT2D eigenvalue weighted by molar-refractivity contribution is 5.85. The first-order valence-corrected chi connectivity index (χ1v) is 8.87. The molecule has 1 amide bonds. The molecule has 1 aliphatic heterocycles. The lowest BCUT2D eigenvalue weighted by Crippen LogP contribution is -2.29. The number of hydrogen-bond donors (Lipinski definition) is 2. The molecule has 4 nitrogen and oxygen atoms in total. The maximum atomic E-state index is 12.3. The maximum absolute atomic E-state index is 12.3. The second kappa shape index (κ2) is 11.3. The zero-order chi connectivity index (χ0) is 16.5. The van der Waals surface area contributed by atoms with Gasteiger partial charge in [0.05, 0.1) is 13.2 Å². The Morgan fingerprint density at radius 1 is 1.38 bits per heavy atom. The Hall–Kier alpha value is -1.26. The summed E-state index contributed by atoms with van der Waals surface area (Å²) in [5, 5.41) is 6.59. The number of carbonyl (C=O) groups excluding carboxylic acids is 1. The molecule has 24 heavy (non-hydrogen) atoms. The van der Waals surface area contributed by atoms with E-state index in [-0.39, 0.29) is 24.4 Å². The fourth-order valence-corrected chi connectivity index (χ4v) is 3.13. The summed E-state index contributed by atoms with van der Waals surface area (Å²) in [7, 11) is 1.67. The van der Waals surface area contributed by atoms with Crippen LogP contribution in [0.4, 0.5) is 0 Å². The van der Waals surface area contributed by atoms with E-state index in [9.17, 15) is 4.79 Å². The molecule has 5 heteroatoms. The Labute approximate surface area is 152 Å². The van der Waals surface area contributed by atoms with Crippen molar-refractivity contribution < 1.29 is 9.53 Å². The van der Waals surface area contributed by atoms with E-state index in [0.29, 0.717) is 12.3 Å². The van der Waals surface area contributed by atoms with Crippen LogP contribution in [0.1, 0.15) is 57.1 Å². The smallest absolute Gasteiger partial charge is 0.220 e. The van der Waals surface area contributed by atoms with Crippen LogP contribution in [0.25, 0.3) is 0 Å². The molecular formula is C19H31ClN2O2. The molecular weight excluding hydrogens is 324 g/mol. The van der Waals surface area contributed by atoms with Gasteiger partial charge in [0.2, 0.25) is 5.91 Å². The zero-order valence-corrected chi connectivity index (χ0v) is 15.7. The fraction of sp³-hybridized carbons (Fsp3) is 0.632. The third-order valence-corrected chi connectivity index (χ3v) is 4.64. The van der Waals surface area contributed by atoms with E-state index >= 15 is 0 Å². The highest BCUT2D eigenvalue weighted by Crippen LogP contribution is 2.23. The summed E-state index contributed by atoms with van der Waals surface area (Å²) in [5.41, 5.74) is 1.16. The van der Waals surface area contributed by atoms with Gasteiger partial charge in [-0.25, -0.2) is 0 Å². The molecule has 0 aromatic heterocycles. The molecule has 0 aliphatic carbocycles. The number of nitrogens with one attached hydrogen (secondary N) is 2. The minimum Gasteiger partial charge on any atom is -0.497 e. The molecule has 136 valence electrons. The molecule has 1 fully saturated rings. The van der Waals surface area contributed by atoms with Gasteiger partial charge in [0.1, 0.15) is 5.75 Å². The van der Waals surface area contributed by atoms with Crippen LogP contribution in [0.5, 0.6) is 5.75 Å².